The summed E-state index contributed by atoms with van der Waals surface area (Å²) >= 11 is 1.80. The van der Waals surface area contributed by atoms with E-state index in [1.54, 1.807) is 11.3 Å². The van der Waals surface area contributed by atoms with Gasteiger partial charge >= 0.3 is 0 Å². The minimum Gasteiger partial charge on any atom is -0.319 e. The number of hydrogen-bond donors (Lipinski definition) is 1. The SMILES string of the molecule is CCC(C)(C)C1CCC(N)(c2nc(C)c(C)s2)CC1. The molecule has 0 aromatic carbocycles. The normalized spacial score (nSPS) is 28.6. The lowest BCUT2D eigenvalue weighted by atomic mass is 9.66. The summed E-state index contributed by atoms with van der Waals surface area (Å²) in [5.41, 5.74) is 8.10. The van der Waals surface area contributed by atoms with Gasteiger partial charge < -0.3 is 5.73 Å². The summed E-state index contributed by atoms with van der Waals surface area (Å²) in [4.78, 5) is 6.02. The first-order valence-electron chi connectivity index (χ1n) is 7.52. The molecule has 2 rings (SSSR count). The average molecular weight is 280 g/mol. The monoisotopic (exact) mass is 280 g/mol. The average Bonchev–Trinajstić information content (AvgIpc) is 2.71. The van der Waals surface area contributed by atoms with Crippen molar-refractivity contribution in [1.82, 2.24) is 4.98 Å². The van der Waals surface area contributed by atoms with Crippen LogP contribution in [0.25, 0.3) is 0 Å². The lowest BCUT2D eigenvalue weighted by Crippen LogP contribution is -2.42. The van der Waals surface area contributed by atoms with Gasteiger partial charge in [-0.1, -0.05) is 27.2 Å². The molecule has 0 radical (unpaired) electrons. The molecular formula is C16H28N2S. The Hall–Kier alpha value is -0.410. The van der Waals surface area contributed by atoms with Crippen LogP contribution < -0.4 is 5.73 Å². The van der Waals surface area contributed by atoms with Crippen molar-refractivity contribution in [1.29, 1.82) is 0 Å². The molecule has 1 heterocycles. The standard InChI is InChI=1S/C16H28N2S/c1-6-15(4,5)13-7-9-16(17,10-8-13)14-18-11(2)12(3)19-14/h13H,6-10,17H2,1-5H3. The van der Waals surface area contributed by atoms with Gasteiger partial charge in [-0.25, -0.2) is 4.98 Å². The van der Waals surface area contributed by atoms with Gasteiger partial charge in [0.25, 0.3) is 0 Å². The first kappa shape index (κ1) is 15.0. The van der Waals surface area contributed by atoms with Gasteiger partial charge in [0, 0.05) is 4.88 Å². The zero-order valence-electron chi connectivity index (χ0n) is 13.0. The van der Waals surface area contributed by atoms with Crippen molar-refractivity contribution in [2.24, 2.45) is 17.1 Å². The molecule has 0 spiro atoms. The van der Waals surface area contributed by atoms with E-state index in [-0.39, 0.29) is 5.54 Å². The Balaban J connectivity index is 2.10. The number of aromatic nitrogens is 1. The fourth-order valence-corrected chi connectivity index (χ4v) is 4.18. The summed E-state index contributed by atoms with van der Waals surface area (Å²) in [6.07, 6.45) is 5.93. The van der Waals surface area contributed by atoms with Crippen molar-refractivity contribution in [3.63, 3.8) is 0 Å². The van der Waals surface area contributed by atoms with Crippen molar-refractivity contribution in [3.8, 4) is 0 Å². The predicted molar refractivity (Wildman–Crippen MR) is 83.5 cm³/mol. The number of hydrogen-bond acceptors (Lipinski definition) is 3. The zero-order valence-corrected chi connectivity index (χ0v) is 13.9. The van der Waals surface area contributed by atoms with Gasteiger partial charge in [0.05, 0.1) is 11.2 Å². The molecule has 2 N–H and O–H groups in total. The third-order valence-corrected chi connectivity index (χ3v) is 6.64. The summed E-state index contributed by atoms with van der Waals surface area (Å²) < 4.78 is 0. The van der Waals surface area contributed by atoms with E-state index in [2.05, 4.69) is 34.6 Å². The first-order chi connectivity index (χ1) is 8.78. The number of rotatable bonds is 3. The van der Waals surface area contributed by atoms with Gasteiger partial charge in [0.15, 0.2) is 0 Å². The van der Waals surface area contributed by atoms with Crippen LogP contribution in [0.4, 0.5) is 0 Å². The van der Waals surface area contributed by atoms with Crippen molar-refractivity contribution >= 4 is 11.3 Å². The Morgan fingerprint density at radius 1 is 1.32 bits per heavy atom. The van der Waals surface area contributed by atoms with Crippen molar-refractivity contribution in [2.45, 2.75) is 72.3 Å². The van der Waals surface area contributed by atoms with Gasteiger partial charge in [-0.15, -0.1) is 11.3 Å². The van der Waals surface area contributed by atoms with Crippen LogP contribution in [0.3, 0.4) is 0 Å². The molecule has 1 aliphatic carbocycles. The molecule has 19 heavy (non-hydrogen) atoms. The second-order valence-corrected chi connectivity index (χ2v) is 8.14. The van der Waals surface area contributed by atoms with E-state index in [0.717, 1.165) is 29.5 Å². The maximum absolute atomic E-state index is 6.66. The van der Waals surface area contributed by atoms with Crippen LogP contribution in [-0.4, -0.2) is 4.98 Å². The summed E-state index contributed by atoms with van der Waals surface area (Å²) in [6, 6.07) is 0. The van der Waals surface area contributed by atoms with Crippen LogP contribution in [-0.2, 0) is 5.54 Å². The third-order valence-electron chi connectivity index (χ3n) is 5.35. The Labute approximate surface area is 121 Å². The molecule has 1 aromatic rings. The van der Waals surface area contributed by atoms with Gasteiger partial charge in [-0.2, -0.15) is 0 Å². The number of nitrogens with zero attached hydrogens (tertiary/aromatic N) is 1. The Kier molecular flexibility index (Phi) is 4.08. The highest BCUT2D eigenvalue weighted by molar-refractivity contribution is 7.11. The predicted octanol–water partition coefficient (Wildman–Crippen LogP) is 4.54. The lowest BCUT2D eigenvalue weighted by Gasteiger charge is -2.42. The largest absolute Gasteiger partial charge is 0.319 e. The van der Waals surface area contributed by atoms with Crippen LogP contribution in [0, 0.1) is 25.2 Å². The highest BCUT2D eigenvalue weighted by atomic mass is 32.1. The molecule has 0 unspecified atom stereocenters. The Bertz CT molecular complexity index is 420. The molecule has 3 heteroatoms. The third kappa shape index (κ3) is 2.87. The van der Waals surface area contributed by atoms with E-state index >= 15 is 0 Å². The molecule has 1 aliphatic rings. The van der Waals surface area contributed by atoms with Crippen LogP contribution in [0.1, 0.15) is 68.5 Å². The second-order valence-electron chi connectivity index (χ2n) is 6.93. The van der Waals surface area contributed by atoms with Gasteiger partial charge in [0.2, 0.25) is 0 Å². The van der Waals surface area contributed by atoms with Crippen LogP contribution >= 0.6 is 11.3 Å². The number of nitrogens with two attached hydrogens (primary N) is 1. The van der Waals surface area contributed by atoms with Gasteiger partial charge in [0.1, 0.15) is 5.01 Å². The second kappa shape index (κ2) is 5.17. The summed E-state index contributed by atoms with van der Waals surface area (Å²) in [5, 5.41) is 1.16. The highest BCUT2D eigenvalue weighted by Gasteiger charge is 2.40. The van der Waals surface area contributed by atoms with Crippen molar-refractivity contribution in [2.75, 3.05) is 0 Å². The Morgan fingerprint density at radius 2 is 1.89 bits per heavy atom. The molecule has 1 aromatic heterocycles. The van der Waals surface area contributed by atoms with E-state index in [1.165, 1.54) is 24.1 Å². The van der Waals surface area contributed by atoms with E-state index in [9.17, 15) is 0 Å². The van der Waals surface area contributed by atoms with Crippen LogP contribution in [0.15, 0.2) is 0 Å². The fourth-order valence-electron chi connectivity index (χ4n) is 3.10. The lowest BCUT2D eigenvalue weighted by molar-refractivity contribution is 0.115. The van der Waals surface area contributed by atoms with Crippen LogP contribution in [0.5, 0.6) is 0 Å². The smallest absolute Gasteiger partial charge is 0.113 e. The minimum atomic E-state index is -0.163. The molecular weight excluding hydrogens is 252 g/mol. The zero-order chi connectivity index (χ0) is 14.3. The molecule has 1 fully saturated rings. The topological polar surface area (TPSA) is 38.9 Å². The molecule has 1 saturated carbocycles. The van der Waals surface area contributed by atoms with Crippen LogP contribution in [0.2, 0.25) is 0 Å². The summed E-state index contributed by atoms with van der Waals surface area (Å²) in [6.45, 7) is 11.3. The maximum atomic E-state index is 6.66. The van der Waals surface area contributed by atoms with E-state index < -0.39 is 0 Å². The van der Waals surface area contributed by atoms with Crippen molar-refractivity contribution < 1.29 is 0 Å². The molecule has 2 nitrogen and oxygen atoms in total. The number of thiazole rings is 1. The van der Waals surface area contributed by atoms with Crippen molar-refractivity contribution in [3.05, 3.63) is 15.6 Å². The molecule has 0 saturated heterocycles. The van der Waals surface area contributed by atoms with Gasteiger partial charge in [-0.3, -0.25) is 0 Å². The molecule has 0 aliphatic heterocycles. The van der Waals surface area contributed by atoms with E-state index in [0.29, 0.717) is 5.41 Å². The highest BCUT2D eigenvalue weighted by Crippen LogP contribution is 2.46. The summed E-state index contributed by atoms with van der Waals surface area (Å²) in [5.74, 6) is 0.816. The van der Waals surface area contributed by atoms with E-state index in [4.69, 9.17) is 10.7 Å². The quantitative estimate of drug-likeness (QED) is 0.882. The first-order valence-corrected chi connectivity index (χ1v) is 8.33. The number of aryl methyl sites for hydroxylation is 2. The molecule has 108 valence electrons. The fraction of sp³-hybridized carbons (Fsp3) is 0.812. The minimum absolute atomic E-state index is 0.163. The summed E-state index contributed by atoms with van der Waals surface area (Å²) in [7, 11) is 0. The maximum Gasteiger partial charge on any atom is 0.113 e. The Morgan fingerprint density at radius 3 is 2.32 bits per heavy atom. The molecule has 0 bridgehead atoms. The molecule has 0 amide bonds. The van der Waals surface area contributed by atoms with E-state index in [1.807, 2.05) is 0 Å². The van der Waals surface area contributed by atoms with Gasteiger partial charge in [-0.05, 0) is 50.9 Å². The molecule has 0 atom stereocenters.